The fraction of sp³-hybridized carbons (Fsp3) is 0.882. The highest BCUT2D eigenvalue weighted by atomic mass is 16.3. The van der Waals surface area contributed by atoms with Gasteiger partial charge in [0, 0.05) is 6.61 Å². The van der Waals surface area contributed by atoms with Crippen LogP contribution < -0.4 is 0 Å². The minimum absolute atomic E-state index is 0.304. The molecule has 0 aliphatic heterocycles. The first-order valence-electron chi connectivity index (χ1n) is 7.58. The Bertz CT molecular complexity index is 366. The molecule has 0 heterocycles. The van der Waals surface area contributed by atoms with Gasteiger partial charge in [0.1, 0.15) is 0 Å². The molecule has 1 N–H and O–H groups in total. The van der Waals surface area contributed by atoms with E-state index < -0.39 is 0 Å². The summed E-state index contributed by atoms with van der Waals surface area (Å²) < 4.78 is 0. The molecule has 18 heavy (non-hydrogen) atoms. The van der Waals surface area contributed by atoms with E-state index in [2.05, 4.69) is 34.6 Å². The fourth-order valence-electron chi connectivity index (χ4n) is 4.94. The summed E-state index contributed by atoms with van der Waals surface area (Å²) in [6.45, 7) is 12.5. The third-order valence-electron chi connectivity index (χ3n) is 6.73. The van der Waals surface area contributed by atoms with Gasteiger partial charge in [-0.1, -0.05) is 45.3 Å². The molecule has 0 aromatic rings. The van der Waals surface area contributed by atoms with Gasteiger partial charge in [0.25, 0.3) is 0 Å². The van der Waals surface area contributed by atoms with E-state index in [4.69, 9.17) is 0 Å². The minimum atomic E-state index is 0.304. The second-order valence-corrected chi connectivity index (χ2v) is 7.63. The van der Waals surface area contributed by atoms with Crippen molar-refractivity contribution in [2.24, 2.45) is 16.2 Å². The molecule has 0 bridgehead atoms. The van der Waals surface area contributed by atoms with Crippen molar-refractivity contribution in [3.05, 3.63) is 11.1 Å². The molecule has 1 nitrogen and oxygen atoms in total. The minimum Gasteiger partial charge on any atom is -0.396 e. The molecule has 2 aliphatic carbocycles. The first kappa shape index (κ1) is 14.1. The number of rotatable bonds is 2. The molecule has 0 spiro atoms. The maximum atomic E-state index is 9.42. The number of aliphatic hydroxyl groups excluding tert-OH is 1. The summed E-state index contributed by atoms with van der Waals surface area (Å²) in [6, 6.07) is 0. The van der Waals surface area contributed by atoms with Crippen LogP contribution in [-0.4, -0.2) is 11.7 Å². The van der Waals surface area contributed by atoms with Gasteiger partial charge in [-0.25, -0.2) is 0 Å². The maximum absolute atomic E-state index is 9.42. The van der Waals surface area contributed by atoms with Crippen LogP contribution in [0.25, 0.3) is 0 Å². The van der Waals surface area contributed by atoms with Gasteiger partial charge >= 0.3 is 0 Å². The molecule has 0 amide bonds. The van der Waals surface area contributed by atoms with Gasteiger partial charge in [0.15, 0.2) is 0 Å². The van der Waals surface area contributed by atoms with Crippen molar-refractivity contribution in [3.63, 3.8) is 0 Å². The lowest BCUT2D eigenvalue weighted by Crippen LogP contribution is -2.54. The van der Waals surface area contributed by atoms with Gasteiger partial charge in [0.2, 0.25) is 0 Å². The van der Waals surface area contributed by atoms with Gasteiger partial charge in [-0.2, -0.15) is 0 Å². The van der Waals surface area contributed by atoms with Crippen LogP contribution in [0.4, 0.5) is 0 Å². The van der Waals surface area contributed by atoms with Crippen molar-refractivity contribution in [1.29, 1.82) is 0 Å². The lowest BCUT2D eigenvalue weighted by atomic mass is 9.42. The fourth-order valence-corrected chi connectivity index (χ4v) is 4.94. The number of hydrogen-bond donors (Lipinski definition) is 1. The SMILES string of the molecule is CC1=C(CCO)[C@@]2(C)CCCC(C)(C)C2(C)CC1. The summed E-state index contributed by atoms with van der Waals surface area (Å²) in [4.78, 5) is 0. The zero-order chi connectivity index (χ0) is 13.6. The lowest BCUT2D eigenvalue weighted by molar-refractivity contribution is -0.0846. The average molecular weight is 250 g/mol. The number of hydrogen-bond acceptors (Lipinski definition) is 1. The van der Waals surface area contributed by atoms with E-state index >= 15 is 0 Å². The predicted octanol–water partition coefficient (Wildman–Crippen LogP) is 4.70. The zero-order valence-corrected chi connectivity index (χ0v) is 12.9. The van der Waals surface area contributed by atoms with E-state index in [1.165, 1.54) is 32.1 Å². The van der Waals surface area contributed by atoms with Crippen molar-refractivity contribution in [3.8, 4) is 0 Å². The second kappa shape index (κ2) is 4.37. The molecule has 0 aromatic carbocycles. The molecule has 2 atom stereocenters. The van der Waals surface area contributed by atoms with Gasteiger partial charge in [-0.15, -0.1) is 0 Å². The zero-order valence-electron chi connectivity index (χ0n) is 12.9. The lowest BCUT2D eigenvalue weighted by Gasteiger charge is -2.63. The monoisotopic (exact) mass is 250 g/mol. The first-order valence-corrected chi connectivity index (χ1v) is 7.58. The summed E-state index contributed by atoms with van der Waals surface area (Å²) in [5.74, 6) is 0. The Morgan fingerprint density at radius 2 is 1.72 bits per heavy atom. The molecule has 1 saturated carbocycles. The normalized spacial score (nSPS) is 39.7. The Labute approximate surface area is 113 Å². The van der Waals surface area contributed by atoms with E-state index in [9.17, 15) is 5.11 Å². The molecule has 1 unspecified atom stereocenters. The van der Waals surface area contributed by atoms with Crippen molar-refractivity contribution in [1.82, 2.24) is 0 Å². The maximum Gasteiger partial charge on any atom is 0.0468 e. The molecule has 2 rings (SSSR count). The largest absolute Gasteiger partial charge is 0.396 e. The third-order valence-corrected chi connectivity index (χ3v) is 6.73. The highest BCUT2D eigenvalue weighted by Gasteiger charge is 2.58. The first-order chi connectivity index (χ1) is 8.28. The molecular weight excluding hydrogens is 220 g/mol. The molecule has 0 radical (unpaired) electrons. The highest BCUT2D eigenvalue weighted by Crippen LogP contribution is 2.67. The van der Waals surface area contributed by atoms with Crippen molar-refractivity contribution < 1.29 is 5.11 Å². The number of fused-ring (bicyclic) bond motifs is 1. The molecule has 0 aromatic heterocycles. The highest BCUT2D eigenvalue weighted by molar-refractivity contribution is 5.30. The van der Waals surface area contributed by atoms with Gasteiger partial charge in [0.05, 0.1) is 0 Å². The van der Waals surface area contributed by atoms with Crippen LogP contribution in [0, 0.1) is 16.2 Å². The molecular formula is C17H30O. The molecule has 2 aliphatic rings. The van der Waals surface area contributed by atoms with E-state index in [1.54, 1.807) is 11.1 Å². The molecule has 0 saturated heterocycles. The van der Waals surface area contributed by atoms with Crippen LogP contribution in [0.2, 0.25) is 0 Å². The van der Waals surface area contributed by atoms with E-state index in [0.29, 0.717) is 22.9 Å². The summed E-state index contributed by atoms with van der Waals surface area (Å²) in [5, 5.41) is 9.42. The van der Waals surface area contributed by atoms with Crippen LogP contribution in [0.5, 0.6) is 0 Å². The van der Waals surface area contributed by atoms with Crippen molar-refractivity contribution in [2.45, 2.75) is 73.1 Å². The standard InChI is InChI=1S/C17H30O/c1-13-7-11-17(5)15(2,3)9-6-10-16(17,4)14(13)8-12-18/h18H,6-12H2,1-5H3/t16-,17?/m1/s1. The Balaban J connectivity index is 2.51. The van der Waals surface area contributed by atoms with Crippen molar-refractivity contribution >= 4 is 0 Å². The topological polar surface area (TPSA) is 20.2 Å². The number of allylic oxidation sites excluding steroid dienone is 1. The Morgan fingerprint density at radius 3 is 2.33 bits per heavy atom. The number of aliphatic hydroxyl groups is 1. The Kier molecular flexibility index (Phi) is 3.43. The summed E-state index contributed by atoms with van der Waals surface area (Å²) in [7, 11) is 0. The molecule has 1 heteroatoms. The average Bonchev–Trinajstić information content (AvgIpc) is 2.28. The van der Waals surface area contributed by atoms with Crippen LogP contribution in [-0.2, 0) is 0 Å². The van der Waals surface area contributed by atoms with Gasteiger partial charge < -0.3 is 5.11 Å². The van der Waals surface area contributed by atoms with Crippen LogP contribution >= 0.6 is 0 Å². The molecule has 104 valence electrons. The van der Waals surface area contributed by atoms with E-state index in [0.717, 1.165) is 6.42 Å². The van der Waals surface area contributed by atoms with Crippen LogP contribution in [0.15, 0.2) is 11.1 Å². The van der Waals surface area contributed by atoms with E-state index in [1.807, 2.05) is 0 Å². The predicted molar refractivity (Wildman–Crippen MR) is 77.5 cm³/mol. The van der Waals surface area contributed by atoms with Crippen molar-refractivity contribution in [2.75, 3.05) is 6.61 Å². The smallest absolute Gasteiger partial charge is 0.0468 e. The Hall–Kier alpha value is -0.300. The quantitative estimate of drug-likeness (QED) is 0.704. The van der Waals surface area contributed by atoms with E-state index in [-0.39, 0.29) is 0 Å². The van der Waals surface area contributed by atoms with Crippen LogP contribution in [0.1, 0.15) is 73.1 Å². The van der Waals surface area contributed by atoms with Crippen LogP contribution in [0.3, 0.4) is 0 Å². The molecule has 1 fully saturated rings. The summed E-state index contributed by atoms with van der Waals surface area (Å²) >= 11 is 0. The van der Waals surface area contributed by atoms with Gasteiger partial charge in [-0.3, -0.25) is 0 Å². The Morgan fingerprint density at radius 1 is 1.06 bits per heavy atom. The summed E-state index contributed by atoms with van der Waals surface area (Å²) in [5.41, 5.74) is 4.25. The second-order valence-electron chi connectivity index (χ2n) is 7.63. The third kappa shape index (κ3) is 1.70. The summed E-state index contributed by atoms with van der Waals surface area (Å²) in [6.07, 6.45) is 7.42. The van der Waals surface area contributed by atoms with Gasteiger partial charge in [-0.05, 0) is 55.3 Å².